The van der Waals surface area contributed by atoms with Gasteiger partial charge in [0.1, 0.15) is 0 Å². The van der Waals surface area contributed by atoms with Gasteiger partial charge in [-0.05, 0) is 65.0 Å². The Morgan fingerprint density at radius 3 is 2.53 bits per heavy atom. The Bertz CT molecular complexity index is 209. The standard InChI is InChI=1S/C15H30N2/c1-3-4-12-17(15-9-10-15)13(2)6-5-11-16-14-7-8-14/h13-16H,3-12H2,1-2H3. The van der Waals surface area contributed by atoms with E-state index in [0.717, 1.165) is 18.1 Å². The van der Waals surface area contributed by atoms with E-state index in [0.29, 0.717) is 0 Å². The van der Waals surface area contributed by atoms with Crippen LogP contribution in [0.1, 0.15) is 65.2 Å². The van der Waals surface area contributed by atoms with E-state index in [2.05, 4.69) is 24.1 Å². The molecule has 0 aromatic rings. The fourth-order valence-electron chi connectivity index (χ4n) is 2.67. The van der Waals surface area contributed by atoms with E-state index in [-0.39, 0.29) is 0 Å². The zero-order chi connectivity index (χ0) is 12.1. The first-order valence-corrected chi connectivity index (χ1v) is 7.80. The molecule has 2 fully saturated rings. The second kappa shape index (κ2) is 6.75. The monoisotopic (exact) mass is 238 g/mol. The molecule has 2 aliphatic rings. The molecule has 0 bridgehead atoms. The van der Waals surface area contributed by atoms with E-state index in [9.17, 15) is 0 Å². The smallest absolute Gasteiger partial charge is 0.00992 e. The minimum atomic E-state index is 0.801. The van der Waals surface area contributed by atoms with Crippen molar-refractivity contribution >= 4 is 0 Å². The Labute approximate surface area is 107 Å². The van der Waals surface area contributed by atoms with E-state index in [1.54, 1.807) is 0 Å². The first-order chi connectivity index (χ1) is 8.31. The number of nitrogens with zero attached hydrogens (tertiary/aromatic N) is 1. The second-order valence-electron chi connectivity index (χ2n) is 6.04. The number of unbranched alkanes of at least 4 members (excludes halogenated alkanes) is 1. The minimum Gasteiger partial charge on any atom is -0.314 e. The highest BCUT2D eigenvalue weighted by molar-refractivity contribution is 4.87. The van der Waals surface area contributed by atoms with E-state index in [1.165, 1.54) is 64.5 Å². The van der Waals surface area contributed by atoms with Crippen LogP contribution in [0.25, 0.3) is 0 Å². The molecule has 0 aromatic heterocycles. The molecule has 0 saturated heterocycles. The topological polar surface area (TPSA) is 15.3 Å². The molecule has 2 saturated carbocycles. The van der Waals surface area contributed by atoms with Crippen molar-refractivity contribution in [2.24, 2.45) is 0 Å². The molecular formula is C15H30N2. The van der Waals surface area contributed by atoms with Crippen LogP contribution in [0.3, 0.4) is 0 Å². The summed E-state index contributed by atoms with van der Waals surface area (Å²) in [6.45, 7) is 7.31. The lowest BCUT2D eigenvalue weighted by Crippen LogP contribution is -2.36. The highest BCUT2D eigenvalue weighted by Crippen LogP contribution is 2.30. The van der Waals surface area contributed by atoms with Crippen LogP contribution in [0, 0.1) is 0 Å². The predicted molar refractivity (Wildman–Crippen MR) is 74.4 cm³/mol. The van der Waals surface area contributed by atoms with Gasteiger partial charge in [-0.15, -0.1) is 0 Å². The zero-order valence-electron chi connectivity index (χ0n) is 11.8. The highest BCUT2D eigenvalue weighted by atomic mass is 15.2. The zero-order valence-corrected chi connectivity index (χ0v) is 11.8. The van der Waals surface area contributed by atoms with Crippen molar-refractivity contribution in [1.82, 2.24) is 10.2 Å². The van der Waals surface area contributed by atoms with Gasteiger partial charge < -0.3 is 5.32 Å². The molecule has 0 heterocycles. The van der Waals surface area contributed by atoms with E-state index >= 15 is 0 Å². The van der Waals surface area contributed by atoms with Gasteiger partial charge in [0.2, 0.25) is 0 Å². The van der Waals surface area contributed by atoms with Gasteiger partial charge >= 0.3 is 0 Å². The fraction of sp³-hybridized carbons (Fsp3) is 1.00. The molecule has 0 amide bonds. The first-order valence-electron chi connectivity index (χ1n) is 7.80. The quantitative estimate of drug-likeness (QED) is 0.588. The van der Waals surface area contributed by atoms with E-state index < -0.39 is 0 Å². The van der Waals surface area contributed by atoms with Gasteiger partial charge in [-0.25, -0.2) is 0 Å². The maximum Gasteiger partial charge on any atom is 0.00992 e. The number of rotatable bonds is 10. The predicted octanol–water partition coefficient (Wildman–Crippen LogP) is 3.17. The van der Waals surface area contributed by atoms with Crippen molar-refractivity contribution in [3.63, 3.8) is 0 Å². The SMILES string of the molecule is CCCCN(C(C)CCCNC1CC1)C1CC1. The summed E-state index contributed by atoms with van der Waals surface area (Å²) in [6, 6.07) is 2.62. The van der Waals surface area contributed by atoms with E-state index in [4.69, 9.17) is 0 Å². The molecule has 2 heteroatoms. The van der Waals surface area contributed by atoms with Crippen LogP contribution < -0.4 is 5.32 Å². The molecule has 2 nitrogen and oxygen atoms in total. The number of nitrogens with one attached hydrogen (secondary N) is 1. The van der Waals surface area contributed by atoms with Crippen molar-refractivity contribution in [2.75, 3.05) is 13.1 Å². The van der Waals surface area contributed by atoms with Gasteiger partial charge in [0.05, 0.1) is 0 Å². The highest BCUT2D eigenvalue weighted by Gasteiger charge is 2.31. The van der Waals surface area contributed by atoms with Gasteiger partial charge in [0.25, 0.3) is 0 Å². The van der Waals surface area contributed by atoms with Crippen LogP contribution in [0.5, 0.6) is 0 Å². The lowest BCUT2D eigenvalue weighted by molar-refractivity contribution is 0.184. The van der Waals surface area contributed by atoms with Crippen molar-refractivity contribution in [3.05, 3.63) is 0 Å². The van der Waals surface area contributed by atoms with Gasteiger partial charge in [0, 0.05) is 18.1 Å². The molecule has 1 unspecified atom stereocenters. The van der Waals surface area contributed by atoms with Crippen molar-refractivity contribution < 1.29 is 0 Å². The Balaban J connectivity index is 1.58. The molecule has 100 valence electrons. The Hall–Kier alpha value is -0.0800. The maximum absolute atomic E-state index is 3.62. The summed E-state index contributed by atoms with van der Waals surface area (Å²) >= 11 is 0. The summed E-state index contributed by atoms with van der Waals surface area (Å²) in [6.07, 6.45) is 11.2. The Morgan fingerprint density at radius 1 is 1.18 bits per heavy atom. The van der Waals surface area contributed by atoms with Crippen LogP contribution >= 0.6 is 0 Å². The summed E-state index contributed by atoms with van der Waals surface area (Å²) in [7, 11) is 0. The van der Waals surface area contributed by atoms with Crippen LogP contribution in [-0.2, 0) is 0 Å². The maximum atomic E-state index is 3.62. The van der Waals surface area contributed by atoms with Gasteiger partial charge in [-0.3, -0.25) is 4.90 Å². The third-order valence-electron chi connectivity index (χ3n) is 4.16. The third kappa shape index (κ3) is 4.97. The largest absolute Gasteiger partial charge is 0.314 e. The molecule has 1 atom stereocenters. The summed E-state index contributed by atoms with van der Waals surface area (Å²) in [5.41, 5.74) is 0. The van der Waals surface area contributed by atoms with Gasteiger partial charge in [-0.1, -0.05) is 13.3 Å². The molecule has 2 aliphatic carbocycles. The van der Waals surface area contributed by atoms with Crippen LogP contribution in [0.4, 0.5) is 0 Å². The van der Waals surface area contributed by atoms with Crippen molar-refractivity contribution in [3.8, 4) is 0 Å². The Kier molecular flexibility index (Phi) is 5.30. The summed E-state index contributed by atoms with van der Waals surface area (Å²) in [5, 5.41) is 3.62. The Morgan fingerprint density at radius 2 is 1.94 bits per heavy atom. The average Bonchev–Trinajstić information content (AvgIpc) is 3.16. The van der Waals surface area contributed by atoms with Gasteiger partial charge in [0.15, 0.2) is 0 Å². The molecule has 17 heavy (non-hydrogen) atoms. The lowest BCUT2D eigenvalue weighted by atomic mass is 10.1. The van der Waals surface area contributed by atoms with Crippen LogP contribution in [-0.4, -0.2) is 36.1 Å². The van der Waals surface area contributed by atoms with Gasteiger partial charge in [-0.2, -0.15) is 0 Å². The summed E-state index contributed by atoms with van der Waals surface area (Å²) < 4.78 is 0. The first kappa shape index (κ1) is 13.4. The molecular weight excluding hydrogens is 208 g/mol. The molecule has 0 aliphatic heterocycles. The minimum absolute atomic E-state index is 0.801. The number of hydrogen-bond acceptors (Lipinski definition) is 2. The third-order valence-corrected chi connectivity index (χ3v) is 4.16. The summed E-state index contributed by atoms with van der Waals surface area (Å²) in [4.78, 5) is 2.78. The van der Waals surface area contributed by atoms with Crippen LogP contribution in [0.15, 0.2) is 0 Å². The molecule has 0 spiro atoms. The molecule has 0 radical (unpaired) electrons. The van der Waals surface area contributed by atoms with Crippen molar-refractivity contribution in [1.29, 1.82) is 0 Å². The fourth-order valence-corrected chi connectivity index (χ4v) is 2.67. The molecule has 1 N–H and O–H groups in total. The average molecular weight is 238 g/mol. The molecule has 2 rings (SSSR count). The van der Waals surface area contributed by atoms with Crippen LogP contribution in [0.2, 0.25) is 0 Å². The lowest BCUT2D eigenvalue weighted by Gasteiger charge is -2.29. The molecule has 0 aromatic carbocycles. The number of hydrogen-bond donors (Lipinski definition) is 1. The van der Waals surface area contributed by atoms with Crippen molar-refractivity contribution in [2.45, 2.75) is 83.3 Å². The second-order valence-corrected chi connectivity index (χ2v) is 6.04. The van der Waals surface area contributed by atoms with E-state index in [1.807, 2.05) is 0 Å². The summed E-state index contributed by atoms with van der Waals surface area (Å²) in [5.74, 6) is 0. The normalized spacial score (nSPS) is 22.1.